The van der Waals surface area contributed by atoms with Gasteiger partial charge in [-0.15, -0.1) is 10.2 Å². The Morgan fingerprint density at radius 2 is 1.83 bits per heavy atom. The third kappa shape index (κ3) is 2.96. The topological polar surface area (TPSA) is 63.8 Å². The molecule has 0 aliphatic rings. The van der Waals surface area contributed by atoms with Crippen molar-refractivity contribution in [3.63, 3.8) is 0 Å². The number of rotatable bonds is 3. The molecule has 0 aliphatic carbocycles. The number of anilines is 2. The number of hydrogen-bond acceptors (Lipinski definition) is 5. The molecule has 1 aromatic heterocycles. The van der Waals surface area contributed by atoms with Gasteiger partial charge in [-0.05, 0) is 24.3 Å². The van der Waals surface area contributed by atoms with E-state index in [1.165, 1.54) is 23.5 Å². The number of alkyl halides is 3. The Kier molecular flexibility index (Phi) is 3.48. The summed E-state index contributed by atoms with van der Waals surface area (Å²) in [5.74, 6) is 0. The smallest absolute Gasteiger partial charge is 0.330 e. The van der Waals surface area contributed by atoms with E-state index >= 15 is 0 Å². The summed E-state index contributed by atoms with van der Waals surface area (Å²) in [5.41, 5.74) is 5.21. The molecule has 1 aromatic carbocycles. The summed E-state index contributed by atoms with van der Waals surface area (Å²) in [4.78, 5) is 0. The van der Waals surface area contributed by atoms with E-state index in [0.717, 1.165) is 12.1 Å². The minimum atomic E-state index is -4.33. The molecular formula is C10H9F3N4S. The van der Waals surface area contributed by atoms with Gasteiger partial charge in [-0.2, -0.15) is 13.2 Å². The van der Waals surface area contributed by atoms with Crippen LogP contribution in [0.1, 0.15) is 10.6 Å². The van der Waals surface area contributed by atoms with E-state index in [0.29, 0.717) is 15.8 Å². The second-order valence-corrected chi connectivity index (χ2v) is 4.47. The van der Waals surface area contributed by atoms with Crippen LogP contribution in [0.3, 0.4) is 0 Å². The molecular weight excluding hydrogens is 265 g/mol. The Labute approximate surface area is 105 Å². The van der Waals surface area contributed by atoms with Crippen LogP contribution < -0.4 is 11.1 Å². The molecule has 0 saturated heterocycles. The number of nitrogens with two attached hydrogens (primary N) is 1. The van der Waals surface area contributed by atoms with Crippen LogP contribution in [0.2, 0.25) is 0 Å². The molecule has 0 saturated carbocycles. The van der Waals surface area contributed by atoms with Gasteiger partial charge in [0.25, 0.3) is 0 Å². The first kappa shape index (κ1) is 12.8. The molecule has 96 valence electrons. The van der Waals surface area contributed by atoms with Crippen LogP contribution in [0.25, 0.3) is 0 Å². The van der Waals surface area contributed by atoms with Gasteiger partial charge in [-0.1, -0.05) is 11.3 Å². The summed E-state index contributed by atoms with van der Waals surface area (Å²) in [6.07, 6.45) is -4.33. The van der Waals surface area contributed by atoms with Crippen LogP contribution in [-0.2, 0) is 12.7 Å². The highest BCUT2D eigenvalue weighted by atomic mass is 32.1. The van der Waals surface area contributed by atoms with Gasteiger partial charge in [0.05, 0.1) is 5.56 Å². The molecule has 0 atom stereocenters. The summed E-state index contributed by atoms with van der Waals surface area (Å²) in [7, 11) is 0. The third-order valence-corrected chi connectivity index (χ3v) is 2.97. The molecule has 0 radical (unpaired) electrons. The van der Waals surface area contributed by atoms with Crippen molar-refractivity contribution >= 4 is 22.2 Å². The predicted molar refractivity (Wildman–Crippen MR) is 62.5 cm³/mol. The lowest BCUT2D eigenvalue weighted by Gasteiger charge is -2.07. The molecule has 0 aliphatic heterocycles. The number of hydrogen-bond donors (Lipinski definition) is 2. The number of benzene rings is 1. The first-order valence-corrected chi connectivity index (χ1v) is 5.77. The maximum Gasteiger partial charge on any atom is 0.416 e. The Morgan fingerprint density at radius 1 is 1.17 bits per heavy atom. The standard InChI is InChI=1S/C10H9F3N4S/c11-10(12,13)6-1-3-7(4-2-6)15-9-17-16-8(5-14)18-9/h1-4H,5,14H2,(H,15,17). The fourth-order valence-corrected chi connectivity index (χ4v) is 1.89. The van der Waals surface area contributed by atoms with Gasteiger partial charge in [-0.3, -0.25) is 0 Å². The number of nitrogens with zero attached hydrogens (tertiary/aromatic N) is 2. The van der Waals surface area contributed by atoms with Gasteiger partial charge >= 0.3 is 6.18 Å². The van der Waals surface area contributed by atoms with Crippen LogP contribution in [-0.4, -0.2) is 10.2 Å². The summed E-state index contributed by atoms with van der Waals surface area (Å²) in [6.45, 7) is 0.284. The molecule has 0 spiro atoms. The third-order valence-electron chi connectivity index (χ3n) is 2.10. The van der Waals surface area contributed by atoms with Crippen LogP contribution in [0.4, 0.5) is 24.0 Å². The quantitative estimate of drug-likeness (QED) is 0.903. The van der Waals surface area contributed by atoms with E-state index in [2.05, 4.69) is 15.5 Å². The maximum absolute atomic E-state index is 12.3. The fraction of sp³-hybridized carbons (Fsp3) is 0.200. The minimum absolute atomic E-state index is 0.284. The molecule has 18 heavy (non-hydrogen) atoms. The Hall–Kier alpha value is -1.67. The Bertz CT molecular complexity index is 521. The highest BCUT2D eigenvalue weighted by molar-refractivity contribution is 7.15. The van der Waals surface area contributed by atoms with E-state index in [9.17, 15) is 13.2 Å². The number of nitrogens with one attached hydrogen (secondary N) is 1. The Morgan fingerprint density at radius 3 is 2.33 bits per heavy atom. The summed E-state index contributed by atoms with van der Waals surface area (Å²) in [5, 5.41) is 11.6. The van der Waals surface area contributed by atoms with Crippen molar-refractivity contribution in [3.05, 3.63) is 34.8 Å². The van der Waals surface area contributed by atoms with Crippen molar-refractivity contribution in [2.75, 3.05) is 5.32 Å². The summed E-state index contributed by atoms with van der Waals surface area (Å²) in [6, 6.07) is 4.69. The fourth-order valence-electron chi connectivity index (χ4n) is 1.25. The van der Waals surface area contributed by atoms with Crippen molar-refractivity contribution in [3.8, 4) is 0 Å². The zero-order valence-electron chi connectivity index (χ0n) is 9.03. The van der Waals surface area contributed by atoms with Gasteiger partial charge in [0.1, 0.15) is 5.01 Å². The highest BCUT2D eigenvalue weighted by Crippen LogP contribution is 2.30. The van der Waals surface area contributed by atoms with Crippen LogP contribution in [0.15, 0.2) is 24.3 Å². The van der Waals surface area contributed by atoms with E-state index in [1.54, 1.807) is 0 Å². The maximum atomic E-state index is 12.3. The average molecular weight is 274 g/mol. The second kappa shape index (κ2) is 4.91. The lowest BCUT2D eigenvalue weighted by atomic mass is 10.2. The molecule has 0 unspecified atom stereocenters. The zero-order chi connectivity index (χ0) is 13.2. The van der Waals surface area contributed by atoms with E-state index in [1.807, 2.05) is 0 Å². The Balaban J connectivity index is 2.11. The van der Waals surface area contributed by atoms with Crippen LogP contribution in [0.5, 0.6) is 0 Å². The van der Waals surface area contributed by atoms with Crippen molar-refractivity contribution in [2.24, 2.45) is 5.73 Å². The first-order chi connectivity index (χ1) is 8.49. The largest absolute Gasteiger partial charge is 0.416 e. The van der Waals surface area contributed by atoms with Crippen molar-refractivity contribution in [2.45, 2.75) is 12.7 Å². The molecule has 0 amide bonds. The minimum Gasteiger partial charge on any atom is -0.330 e. The molecule has 2 rings (SSSR count). The average Bonchev–Trinajstić information content (AvgIpc) is 2.76. The molecule has 0 fully saturated rings. The summed E-state index contributed by atoms with van der Waals surface area (Å²) >= 11 is 1.26. The van der Waals surface area contributed by atoms with Crippen molar-refractivity contribution < 1.29 is 13.2 Å². The summed E-state index contributed by atoms with van der Waals surface area (Å²) < 4.78 is 37.0. The molecule has 2 aromatic rings. The van der Waals surface area contributed by atoms with Gasteiger partial charge < -0.3 is 11.1 Å². The first-order valence-electron chi connectivity index (χ1n) is 4.96. The normalized spacial score (nSPS) is 11.6. The van der Waals surface area contributed by atoms with Crippen molar-refractivity contribution in [1.82, 2.24) is 10.2 Å². The van der Waals surface area contributed by atoms with E-state index in [4.69, 9.17) is 5.73 Å². The lowest BCUT2D eigenvalue weighted by Crippen LogP contribution is -2.04. The van der Waals surface area contributed by atoms with Crippen LogP contribution >= 0.6 is 11.3 Å². The molecule has 1 heterocycles. The van der Waals surface area contributed by atoms with Gasteiger partial charge in [-0.25, -0.2) is 0 Å². The van der Waals surface area contributed by atoms with Crippen LogP contribution in [0, 0.1) is 0 Å². The number of halogens is 3. The zero-order valence-corrected chi connectivity index (χ0v) is 9.85. The highest BCUT2D eigenvalue weighted by Gasteiger charge is 2.29. The molecule has 8 heteroatoms. The number of aromatic nitrogens is 2. The predicted octanol–water partition coefficient (Wildman–Crippen LogP) is 2.76. The monoisotopic (exact) mass is 274 g/mol. The SMILES string of the molecule is NCc1nnc(Nc2ccc(C(F)(F)F)cc2)s1. The van der Waals surface area contributed by atoms with E-state index < -0.39 is 11.7 Å². The van der Waals surface area contributed by atoms with Crippen molar-refractivity contribution in [1.29, 1.82) is 0 Å². The lowest BCUT2D eigenvalue weighted by molar-refractivity contribution is -0.137. The molecule has 0 bridgehead atoms. The van der Waals surface area contributed by atoms with Gasteiger partial charge in [0.2, 0.25) is 5.13 Å². The van der Waals surface area contributed by atoms with E-state index in [-0.39, 0.29) is 6.54 Å². The molecule has 3 N–H and O–H groups in total. The van der Waals surface area contributed by atoms with Gasteiger partial charge in [0, 0.05) is 12.2 Å². The van der Waals surface area contributed by atoms with Gasteiger partial charge in [0.15, 0.2) is 0 Å². The molecule has 4 nitrogen and oxygen atoms in total. The second-order valence-electron chi connectivity index (χ2n) is 3.41.